The Bertz CT molecular complexity index is 1270. The van der Waals surface area contributed by atoms with Crippen LogP contribution in [0.4, 0.5) is 5.69 Å². The van der Waals surface area contributed by atoms with E-state index in [0.717, 1.165) is 33.8 Å². The third-order valence-electron chi connectivity index (χ3n) is 4.71. The zero-order valence-electron chi connectivity index (χ0n) is 14.6. The van der Waals surface area contributed by atoms with E-state index in [1.54, 1.807) is 11.3 Å². The topological polar surface area (TPSA) is 82.0 Å². The Morgan fingerprint density at radius 2 is 1.96 bits per heavy atom. The first-order chi connectivity index (χ1) is 13.2. The van der Waals surface area contributed by atoms with Gasteiger partial charge in [0.2, 0.25) is 0 Å². The van der Waals surface area contributed by atoms with E-state index >= 15 is 0 Å². The summed E-state index contributed by atoms with van der Waals surface area (Å²) in [4.78, 5) is 4.35. The lowest BCUT2D eigenvalue weighted by molar-refractivity contribution is 0.753. The third kappa shape index (κ3) is 2.72. The average Bonchev–Trinajstić information content (AvgIpc) is 3.33. The average molecular weight is 372 g/mol. The van der Waals surface area contributed by atoms with E-state index in [9.17, 15) is 0 Å². The van der Waals surface area contributed by atoms with Crippen molar-refractivity contribution < 1.29 is 0 Å². The predicted octanol–water partition coefficient (Wildman–Crippen LogP) is 4.14. The molecule has 0 saturated carbocycles. The molecule has 0 fully saturated rings. The van der Waals surface area contributed by atoms with Crippen LogP contribution in [0.5, 0.6) is 0 Å². The lowest BCUT2D eigenvalue weighted by Crippen LogP contribution is -2.05. The molecule has 7 heteroatoms. The third-order valence-corrected chi connectivity index (χ3v) is 5.50. The monoisotopic (exact) mass is 372 g/mol. The Labute approximate surface area is 159 Å². The Hall–Kier alpha value is -3.32. The van der Waals surface area contributed by atoms with E-state index in [1.165, 1.54) is 4.70 Å². The maximum absolute atomic E-state index is 5.92. The van der Waals surface area contributed by atoms with Gasteiger partial charge in [0, 0.05) is 17.2 Å². The molecule has 2 aromatic carbocycles. The van der Waals surface area contributed by atoms with Gasteiger partial charge in [-0.3, -0.25) is 0 Å². The molecule has 0 aliphatic heterocycles. The molecule has 0 aliphatic rings. The van der Waals surface area contributed by atoms with Gasteiger partial charge in [-0.25, -0.2) is 4.98 Å². The number of thiazole rings is 1. The first-order valence-electron chi connectivity index (χ1n) is 8.60. The van der Waals surface area contributed by atoms with Gasteiger partial charge in [-0.15, -0.1) is 21.5 Å². The molecule has 0 unspecified atom stereocenters. The molecule has 5 rings (SSSR count). The van der Waals surface area contributed by atoms with Gasteiger partial charge in [-0.05, 0) is 42.0 Å². The van der Waals surface area contributed by atoms with Gasteiger partial charge < -0.3 is 5.73 Å². The molecule has 0 amide bonds. The molecule has 2 N–H and O–H groups in total. The largest absolute Gasteiger partial charge is 0.399 e. The molecule has 1 atom stereocenters. The van der Waals surface area contributed by atoms with Crippen molar-refractivity contribution in [3.63, 3.8) is 0 Å². The zero-order chi connectivity index (χ0) is 18.4. The molecule has 0 radical (unpaired) electrons. The smallest absolute Gasteiger partial charge is 0.177 e. The number of aromatic nitrogens is 5. The fourth-order valence-corrected chi connectivity index (χ4v) is 3.94. The Morgan fingerprint density at radius 1 is 1.04 bits per heavy atom. The van der Waals surface area contributed by atoms with Gasteiger partial charge in [0.15, 0.2) is 11.5 Å². The van der Waals surface area contributed by atoms with Crippen molar-refractivity contribution in [1.82, 2.24) is 24.8 Å². The summed E-state index contributed by atoms with van der Waals surface area (Å²) in [5, 5.41) is 13.5. The number of anilines is 1. The highest BCUT2D eigenvalue weighted by Crippen LogP contribution is 2.28. The lowest BCUT2D eigenvalue weighted by Gasteiger charge is -2.10. The van der Waals surface area contributed by atoms with E-state index in [4.69, 9.17) is 10.8 Å². The number of hydrogen-bond acceptors (Lipinski definition) is 6. The Morgan fingerprint density at radius 3 is 2.85 bits per heavy atom. The summed E-state index contributed by atoms with van der Waals surface area (Å²) in [6.45, 7) is 2.12. The van der Waals surface area contributed by atoms with Gasteiger partial charge in [0.25, 0.3) is 0 Å². The van der Waals surface area contributed by atoms with Gasteiger partial charge >= 0.3 is 0 Å². The maximum Gasteiger partial charge on any atom is 0.177 e. The minimum absolute atomic E-state index is 0.0510. The predicted molar refractivity (Wildman–Crippen MR) is 108 cm³/mol. The summed E-state index contributed by atoms with van der Waals surface area (Å²) in [6.07, 6.45) is 0. The van der Waals surface area contributed by atoms with E-state index in [1.807, 2.05) is 52.5 Å². The van der Waals surface area contributed by atoms with Crippen molar-refractivity contribution in [1.29, 1.82) is 0 Å². The molecular formula is C20H16N6S. The molecule has 3 heterocycles. The first-order valence-corrected chi connectivity index (χ1v) is 9.48. The van der Waals surface area contributed by atoms with Crippen LogP contribution in [-0.2, 0) is 0 Å². The summed E-state index contributed by atoms with van der Waals surface area (Å²) in [7, 11) is 0. The van der Waals surface area contributed by atoms with Crippen LogP contribution in [0.15, 0.2) is 60.1 Å². The summed E-state index contributed by atoms with van der Waals surface area (Å²) in [5.41, 5.74) is 13.2. The van der Waals surface area contributed by atoms with Crippen molar-refractivity contribution >= 4 is 32.9 Å². The number of nitrogen functional groups attached to an aromatic ring is 1. The number of benzene rings is 2. The van der Waals surface area contributed by atoms with Crippen molar-refractivity contribution in [2.75, 3.05) is 5.73 Å². The second kappa shape index (κ2) is 6.14. The number of rotatable bonds is 3. The van der Waals surface area contributed by atoms with Crippen LogP contribution in [0.3, 0.4) is 0 Å². The van der Waals surface area contributed by atoms with Crippen LogP contribution >= 0.6 is 11.3 Å². The SMILES string of the molecule is C[C@@H](c1ccc2ncsc2c1)c1nnc2ccc(-c3cccc(N)c3)nn12. The summed E-state index contributed by atoms with van der Waals surface area (Å²) < 4.78 is 2.99. The Balaban J connectivity index is 1.61. The fraction of sp³-hybridized carbons (Fsp3) is 0.100. The highest BCUT2D eigenvalue weighted by atomic mass is 32.1. The molecule has 0 saturated heterocycles. The second-order valence-corrected chi connectivity index (χ2v) is 7.36. The Kier molecular flexibility index (Phi) is 3.61. The summed E-state index contributed by atoms with van der Waals surface area (Å²) in [6, 6.07) is 17.9. The molecule has 27 heavy (non-hydrogen) atoms. The van der Waals surface area contributed by atoms with Crippen LogP contribution in [0.1, 0.15) is 24.2 Å². The molecule has 132 valence electrons. The van der Waals surface area contributed by atoms with Gasteiger partial charge in [0.05, 0.1) is 21.4 Å². The van der Waals surface area contributed by atoms with Crippen molar-refractivity contribution in [3.05, 3.63) is 71.5 Å². The van der Waals surface area contributed by atoms with Crippen molar-refractivity contribution in [2.24, 2.45) is 0 Å². The van der Waals surface area contributed by atoms with Crippen LogP contribution in [0, 0.1) is 0 Å². The molecule has 0 spiro atoms. The first kappa shape index (κ1) is 15.9. The highest BCUT2D eigenvalue weighted by Gasteiger charge is 2.18. The minimum Gasteiger partial charge on any atom is -0.399 e. The molecular weight excluding hydrogens is 356 g/mol. The van der Waals surface area contributed by atoms with Crippen LogP contribution in [0.2, 0.25) is 0 Å². The summed E-state index contributed by atoms with van der Waals surface area (Å²) >= 11 is 1.64. The van der Waals surface area contributed by atoms with Gasteiger partial charge in [-0.2, -0.15) is 9.61 Å². The molecule has 0 aliphatic carbocycles. The standard InChI is InChI=1S/C20H16N6S/c1-12(13-5-6-17-18(10-13)27-11-22-17)20-24-23-19-8-7-16(25-26(19)20)14-3-2-4-15(21)9-14/h2-12H,21H2,1H3/t12-/m0/s1. The van der Waals surface area contributed by atoms with Crippen LogP contribution < -0.4 is 5.73 Å². The molecule has 6 nitrogen and oxygen atoms in total. The zero-order valence-corrected chi connectivity index (χ0v) is 15.4. The normalized spacial score (nSPS) is 12.6. The fourth-order valence-electron chi connectivity index (χ4n) is 3.22. The second-order valence-electron chi connectivity index (χ2n) is 6.47. The van der Waals surface area contributed by atoms with E-state index in [2.05, 4.69) is 34.2 Å². The highest BCUT2D eigenvalue weighted by molar-refractivity contribution is 7.16. The van der Waals surface area contributed by atoms with Crippen LogP contribution in [0.25, 0.3) is 27.1 Å². The number of hydrogen-bond donors (Lipinski definition) is 1. The van der Waals surface area contributed by atoms with Crippen molar-refractivity contribution in [3.8, 4) is 11.3 Å². The van der Waals surface area contributed by atoms with Crippen molar-refractivity contribution in [2.45, 2.75) is 12.8 Å². The molecule has 3 aromatic heterocycles. The number of nitrogens with two attached hydrogens (primary N) is 1. The van der Waals surface area contributed by atoms with Gasteiger partial charge in [-0.1, -0.05) is 25.1 Å². The summed E-state index contributed by atoms with van der Waals surface area (Å²) in [5.74, 6) is 0.856. The van der Waals surface area contributed by atoms with E-state index in [-0.39, 0.29) is 5.92 Å². The van der Waals surface area contributed by atoms with Gasteiger partial charge in [0.1, 0.15) is 0 Å². The number of fused-ring (bicyclic) bond motifs is 2. The van der Waals surface area contributed by atoms with E-state index in [0.29, 0.717) is 5.69 Å². The van der Waals surface area contributed by atoms with Crippen LogP contribution in [-0.4, -0.2) is 24.8 Å². The van der Waals surface area contributed by atoms with E-state index < -0.39 is 0 Å². The molecule has 0 bridgehead atoms. The number of nitrogens with zero attached hydrogens (tertiary/aromatic N) is 5. The quantitative estimate of drug-likeness (QED) is 0.481. The molecule has 5 aromatic rings. The maximum atomic E-state index is 5.92. The lowest BCUT2D eigenvalue weighted by atomic mass is 10.0. The minimum atomic E-state index is 0.0510.